The van der Waals surface area contributed by atoms with Gasteiger partial charge in [-0.25, -0.2) is 0 Å². The number of nitrogens with zero attached hydrogens (tertiary/aromatic N) is 1. The molecule has 18 heavy (non-hydrogen) atoms. The predicted octanol–water partition coefficient (Wildman–Crippen LogP) is 3.36. The van der Waals surface area contributed by atoms with Crippen molar-refractivity contribution < 1.29 is 9.90 Å². The second-order valence-electron chi connectivity index (χ2n) is 5.79. The molecule has 0 atom stereocenters. The lowest BCUT2D eigenvalue weighted by atomic mass is 10.0. The molecule has 0 saturated heterocycles. The number of rotatable bonds is 10. The van der Waals surface area contributed by atoms with Crippen molar-refractivity contribution in [2.45, 2.75) is 77.7 Å². The van der Waals surface area contributed by atoms with Crippen molar-refractivity contribution in [1.82, 2.24) is 4.90 Å². The topological polar surface area (TPSA) is 40.5 Å². The Hall–Kier alpha value is -0.570. The molecular formula is C15H31NO2. The Labute approximate surface area is 113 Å². The SMILES string of the molecule is CCCCCCCCCC(=O)N(C)C(C)(C)CO. The van der Waals surface area contributed by atoms with Crippen molar-refractivity contribution in [3.05, 3.63) is 0 Å². The average Bonchev–Trinajstić information content (AvgIpc) is 2.36. The zero-order chi connectivity index (χ0) is 14.0. The van der Waals surface area contributed by atoms with E-state index >= 15 is 0 Å². The Balaban J connectivity index is 3.65. The van der Waals surface area contributed by atoms with E-state index in [0.717, 1.165) is 12.8 Å². The Kier molecular flexibility index (Phi) is 9.08. The maximum absolute atomic E-state index is 11.9. The van der Waals surface area contributed by atoms with E-state index in [9.17, 15) is 9.90 Å². The molecule has 0 unspecified atom stereocenters. The molecule has 0 saturated carbocycles. The monoisotopic (exact) mass is 257 g/mol. The first-order chi connectivity index (χ1) is 8.45. The van der Waals surface area contributed by atoms with E-state index in [-0.39, 0.29) is 12.5 Å². The van der Waals surface area contributed by atoms with Crippen molar-refractivity contribution >= 4 is 5.91 Å². The Morgan fingerprint density at radius 1 is 1.06 bits per heavy atom. The molecular weight excluding hydrogens is 226 g/mol. The van der Waals surface area contributed by atoms with Gasteiger partial charge in [0.1, 0.15) is 0 Å². The summed E-state index contributed by atoms with van der Waals surface area (Å²) in [7, 11) is 1.78. The molecule has 0 heterocycles. The highest BCUT2D eigenvalue weighted by Crippen LogP contribution is 2.14. The number of aliphatic hydroxyl groups is 1. The van der Waals surface area contributed by atoms with Gasteiger partial charge in [-0.2, -0.15) is 0 Å². The maximum atomic E-state index is 11.9. The van der Waals surface area contributed by atoms with Crippen LogP contribution in [0.3, 0.4) is 0 Å². The van der Waals surface area contributed by atoms with Crippen molar-refractivity contribution in [3.8, 4) is 0 Å². The van der Waals surface area contributed by atoms with E-state index < -0.39 is 5.54 Å². The molecule has 108 valence electrons. The van der Waals surface area contributed by atoms with Crippen LogP contribution in [0.15, 0.2) is 0 Å². The summed E-state index contributed by atoms with van der Waals surface area (Å²) >= 11 is 0. The molecule has 1 amide bonds. The molecule has 3 nitrogen and oxygen atoms in total. The van der Waals surface area contributed by atoms with Crippen molar-refractivity contribution in [1.29, 1.82) is 0 Å². The summed E-state index contributed by atoms with van der Waals surface area (Å²) in [5.74, 6) is 0.141. The first-order valence-corrected chi connectivity index (χ1v) is 7.33. The van der Waals surface area contributed by atoms with Crippen molar-refractivity contribution in [2.24, 2.45) is 0 Å². The number of unbranched alkanes of at least 4 members (excludes halogenated alkanes) is 6. The van der Waals surface area contributed by atoms with E-state index in [1.807, 2.05) is 13.8 Å². The molecule has 0 aromatic heterocycles. The van der Waals surface area contributed by atoms with Crippen molar-refractivity contribution in [2.75, 3.05) is 13.7 Å². The summed E-state index contributed by atoms with van der Waals surface area (Å²) < 4.78 is 0. The second kappa shape index (κ2) is 9.37. The molecule has 0 aromatic carbocycles. The van der Waals surface area contributed by atoms with Gasteiger partial charge in [0.05, 0.1) is 12.1 Å². The molecule has 0 aliphatic rings. The fraction of sp³-hybridized carbons (Fsp3) is 0.933. The summed E-state index contributed by atoms with van der Waals surface area (Å²) in [5, 5.41) is 9.21. The van der Waals surface area contributed by atoms with E-state index in [1.165, 1.54) is 32.1 Å². The highest BCUT2D eigenvalue weighted by atomic mass is 16.3. The minimum absolute atomic E-state index is 0.00621. The quantitative estimate of drug-likeness (QED) is 0.610. The Morgan fingerprint density at radius 2 is 1.56 bits per heavy atom. The molecule has 0 spiro atoms. The largest absolute Gasteiger partial charge is 0.394 e. The lowest BCUT2D eigenvalue weighted by Crippen LogP contribution is -2.47. The van der Waals surface area contributed by atoms with Crippen LogP contribution < -0.4 is 0 Å². The molecule has 0 aromatic rings. The Bertz CT molecular complexity index is 227. The number of carbonyl (C=O) groups is 1. The highest BCUT2D eigenvalue weighted by molar-refractivity contribution is 5.76. The van der Waals surface area contributed by atoms with Gasteiger partial charge in [-0.05, 0) is 20.3 Å². The Morgan fingerprint density at radius 3 is 2.06 bits per heavy atom. The number of likely N-dealkylation sites (N-methyl/N-ethyl adjacent to an activating group) is 1. The average molecular weight is 257 g/mol. The van der Waals surface area contributed by atoms with Gasteiger partial charge in [-0.3, -0.25) is 4.79 Å². The van der Waals surface area contributed by atoms with Crippen LogP contribution in [0.4, 0.5) is 0 Å². The molecule has 0 aliphatic carbocycles. The van der Waals surface area contributed by atoms with Gasteiger partial charge >= 0.3 is 0 Å². The summed E-state index contributed by atoms with van der Waals surface area (Å²) in [6.45, 7) is 6.00. The van der Waals surface area contributed by atoms with Gasteiger partial charge in [0.15, 0.2) is 0 Å². The third-order valence-corrected chi connectivity index (χ3v) is 3.66. The van der Waals surface area contributed by atoms with Gasteiger partial charge in [0.25, 0.3) is 0 Å². The van der Waals surface area contributed by atoms with E-state index in [2.05, 4.69) is 6.92 Å². The first kappa shape index (κ1) is 17.4. The van der Waals surface area contributed by atoms with Gasteiger partial charge in [0, 0.05) is 13.5 Å². The molecule has 3 heteroatoms. The number of hydrogen-bond donors (Lipinski definition) is 1. The lowest BCUT2D eigenvalue weighted by molar-refractivity contribution is -0.136. The fourth-order valence-corrected chi connectivity index (χ4v) is 1.84. The number of carbonyl (C=O) groups excluding carboxylic acids is 1. The minimum Gasteiger partial charge on any atom is -0.394 e. The van der Waals surface area contributed by atoms with Crippen LogP contribution in [0.5, 0.6) is 0 Å². The molecule has 0 radical (unpaired) electrons. The molecule has 0 fully saturated rings. The first-order valence-electron chi connectivity index (χ1n) is 7.33. The van der Waals surface area contributed by atoms with Gasteiger partial charge in [-0.15, -0.1) is 0 Å². The molecule has 0 aliphatic heterocycles. The third-order valence-electron chi connectivity index (χ3n) is 3.66. The van der Waals surface area contributed by atoms with Gasteiger partial charge in [0.2, 0.25) is 5.91 Å². The van der Waals surface area contributed by atoms with Crippen LogP contribution in [0.1, 0.15) is 72.1 Å². The van der Waals surface area contributed by atoms with Gasteiger partial charge < -0.3 is 10.0 Å². The van der Waals surface area contributed by atoms with E-state index in [1.54, 1.807) is 11.9 Å². The van der Waals surface area contributed by atoms with Crippen LogP contribution in [0.25, 0.3) is 0 Å². The van der Waals surface area contributed by atoms with Crippen LogP contribution >= 0.6 is 0 Å². The minimum atomic E-state index is -0.446. The van der Waals surface area contributed by atoms with E-state index in [0.29, 0.717) is 6.42 Å². The zero-order valence-electron chi connectivity index (χ0n) is 12.7. The van der Waals surface area contributed by atoms with Gasteiger partial charge in [-0.1, -0.05) is 45.4 Å². The van der Waals surface area contributed by atoms with Crippen LogP contribution in [0.2, 0.25) is 0 Å². The fourth-order valence-electron chi connectivity index (χ4n) is 1.84. The number of amides is 1. The maximum Gasteiger partial charge on any atom is 0.222 e. The second-order valence-corrected chi connectivity index (χ2v) is 5.79. The summed E-state index contributed by atoms with van der Waals surface area (Å²) in [4.78, 5) is 13.6. The number of hydrogen-bond acceptors (Lipinski definition) is 2. The van der Waals surface area contributed by atoms with E-state index in [4.69, 9.17) is 0 Å². The van der Waals surface area contributed by atoms with Crippen LogP contribution in [-0.2, 0) is 4.79 Å². The van der Waals surface area contributed by atoms with Crippen molar-refractivity contribution in [3.63, 3.8) is 0 Å². The molecule has 0 rings (SSSR count). The summed E-state index contributed by atoms with van der Waals surface area (Å²) in [6.07, 6.45) is 9.17. The standard InChI is InChI=1S/C15H31NO2/c1-5-6-7-8-9-10-11-12-14(18)16(4)15(2,3)13-17/h17H,5-13H2,1-4H3. The smallest absolute Gasteiger partial charge is 0.222 e. The predicted molar refractivity (Wildman–Crippen MR) is 76.5 cm³/mol. The zero-order valence-corrected chi connectivity index (χ0v) is 12.7. The molecule has 0 bridgehead atoms. The lowest BCUT2D eigenvalue weighted by Gasteiger charge is -2.34. The highest BCUT2D eigenvalue weighted by Gasteiger charge is 2.25. The van der Waals surface area contributed by atoms with Crippen LogP contribution in [-0.4, -0.2) is 35.1 Å². The summed E-state index contributed by atoms with van der Waals surface area (Å²) in [5.41, 5.74) is -0.446. The molecule has 1 N–H and O–H groups in total. The number of aliphatic hydroxyl groups excluding tert-OH is 1. The third kappa shape index (κ3) is 7.00. The normalized spacial score (nSPS) is 11.6. The summed E-state index contributed by atoms with van der Waals surface area (Å²) in [6, 6.07) is 0. The van der Waals surface area contributed by atoms with Crippen LogP contribution in [0, 0.1) is 0 Å².